The summed E-state index contributed by atoms with van der Waals surface area (Å²) in [6.45, 7) is 16.8. The molecule has 0 radical (unpaired) electrons. The first kappa shape index (κ1) is 29.6. The molecule has 7 atom stereocenters. The van der Waals surface area contributed by atoms with Gasteiger partial charge in [-0.15, -0.1) is 0 Å². The van der Waals surface area contributed by atoms with Crippen molar-refractivity contribution >= 4 is 18.0 Å². The molecular weight excluding hydrogens is 520 g/mol. The van der Waals surface area contributed by atoms with Gasteiger partial charge in [-0.1, -0.05) is 52.3 Å². The Morgan fingerprint density at radius 2 is 1.76 bits per heavy atom. The molecule has 5 heteroatoms. The smallest absolute Gasteiger partial charge is 0.312 e. The molecule has 0 bridgehead atoms. The first-order valence-electron chi connectivity index (χ1n) is 16.3. The van der Waals surface area contributed by atoms with Crippen LogP contribution in [0.15, 0.2) is 41.7 Å². The largest absolute Gasteiger partial charge is 0.469 e. The van der Waals surface area contributed by atoms with Crippen LogP contribution in [0.1, 0.15) is 112 Å². The summed E-state index contributed by atoms with van der Waals surface area (Å²) in [6, 6.07) is 3.97. The van der Waals surface area contributed by atoms with E-state index < -0.39 is 0 Å². The molecule has 1 aliphatic heterocycles. The second kappa shape index (κ2) is 9.53. The Hall–Kier alpha value is -2.43. The van der Waals surface area contributed by atoms with E-state index in [1.54, 1.807) is 18.9 Å². The predicted molar refractivity (Wildman–Crippen MR) is 167 cm³/mol. The number of pyridine rings is 1. The summed E-state index contributed by atoms with van der Waals surface area (Å²) in [6.07, 6.45) is 17.3. The zero-order chi connectivity index (χ0) is 30.3. The van der Waals surface area contributed by atoms with Gasteiger partial charge in [-0.25, -0.2) is 0 Å². The molecule has 1 saturated heterocycles. The fraction of sp³-hybridized carbons (Fsp3) is 0.703. The number of carbonyl (C=O) groups excluding carboxylic acids is 2. The highest BCUT2D eigenvalue weighted by Gasteiger charge is 2.69. The standard InChI is InChI=1S/C37H52N2O3/c1-32(2)15-17-37(31(41)42-8)18-16-35(6)26(27(37)22-32)11-12-29-34(5)21-25(20-24-10-9-19-38-23-24)30(40)39-33(3,4)28(34)13-14-36(29,35)7/h9-11,19-20,23,27-29H,12-18,21-22H2,1-8H3,(H,39,40)/b25-20+/t27-,28-,29+,34-,35+,36+,37-/m0/s1. The maximum absolute atomic E-state index is 13.7. The Labute approximate surface area is 253 Å². The molecule has 0 spiro atoms. The minimum absolute atomic E-state index is 0.00850. The van der Waals surface area contributed by atoms with Crippen molar-refractivity contribution in [3.05, 3.63) is 47.3 Å². The lowest BCUT2D eigenvalue weighted by Gasteiger charge is -2.69. The van der Waals surface area contributed by atoms with Crippen molar-refractivity contribution in [2.45, 2.75) is 112 Å². The number of nitrogens with one attached hydrogen (secondary N) is 1. The van der Waals surface area contributed by atoms with Gasteiger partial charge in [0.1, 0.15) is 0 Å². The molecule has 2 heterocycles. The van der Waals surface area contributed by atoms with Gasteiger partial charge in [0.15, 0.2) is 0 Å². The molecule has 5 nitrogen and oxygen atoms in total. The van der Waals surface area contributed by atoms with Crippen molar-refractivity contribution in [2.75, 3.05) is 7.11 Å². The third-order valence-electron chi connectivity index (χ3n) is 13.7. The van der Waals surface area contributed by atoms with Crippen LogP contribution in [0, 0.1) is 44.8 Å². The van der Waals surface area contributed by atoms with Gasteiger partial charge in [0, 0.05) is 23.5 Å². The second-order valence-electron chi connectivity index (χ2n) is 16.7. The number of rotatable bonds is 2. The maximum Gasteiger partial charge on any atom is 0.312 e. The summed E-state index contributed by atoms with van der Waals surface area (Å²) < 4.78 is 5.54. The van der Waals surface area contributed by atoms with Crippen molar-refractivity contribution in [3.8, 4) is 0 Å². The van der Waals surface area contributed by atoms with Crippen LogP contribution < -0.4 is 5.32 Å². The van der Waals surface area contributed by atoms with Gasteiger partial charge in [0.2, 0.25) is 5.91 Å². The number of fused-ring (bicyclic) bond motifs is 7. The number of amides is 1. The molecule has 5 aliphatic rings. The number of esters is 1. The number of methoxy groups -OCH3 is 1. The molecule has 1 N–H and O–H groups in total. The number of carbonyl (C=O) groups is 2. The first-order valence-corrected chi connectivity index (χ1v) is 16.3. The molecule has 4 fully saturated rings. The van der Waals surface area contributed by atoms with Gasteiger partial charge in [-0.05, 0) is 129 Å². The van der Waals surface area contributed by atoms with Gasteiger partial charge >= 0.3 is 5.97 Å². The summed E-state index contributed by atoms with van der Waals surface area (Å²) in [5.74, 6) is 1.12. The normalized spacial score (nSPS) is 43.0. The van der Waals surface area contributed by atoms with E-state index in [1.165, 1.54) is 0 Å². The number of nitrogens with zero attached hydrogens (tertiary/aromatic N) is 1. The number of allylic oxidation sites excluding steroid dienone is 2. The molecule has 1 aromatic heterocycles. The third kappa shape index (κ3) is 4.11. The van der Waals surface area contributed by atoms with Crippen LogP contribution in [0.3, 0.4) is 0 Å². The van der Waals surface area contributed by atoms with E-state index in [0.717, 1.165) is 68.9 Å². The molecule has 4 aliphatic carbocycles. The van der Waals surface area contributed by atoms with Gasteiger partial charge < -0.3 is 10.1 Å². The minimum Gasteiger partial charge on any atom is -0.469 e. The van der Waals surface area contributed by atoms with Gasteiger partial charge in [-0.3, -0.25) is 14.6 Å². The molecule has 1 aromatic rings. The van der Waals surface area contributed by atoms with Crippen LogP contribution in [0.2, 0.25) is 0 Å². The Morgan fingerprint density at radius 3 is 2.45 bits per heavy atom. The quantitative estimate of drug-likeness (QED) is 0.222. The van der Waals surface area contributed by atoms with Gasteiger partial charge in [-0.2, -0.15) is 0 Å². The summed E-state index contributed by atoms with van der Waals surface area (Å²) in [5, 5.41) is 3.46. The zero-order valence-electron chi connectivity index (χ0n) is 27.2. The number of hydrogen-bond acceptors (Lipinski definition) is 4. The van der Waals surface area contributed by atoms with Crippen molar-refractivity contribution in [1.82, 2.24) is 10.3 Å². The summed E-state index contributed by atoms with van der Waals surface area (Å²) in [5.41, 5.74) is 2.95. The van der Waals surface area contributed by atoms with Crippen molar-refractivity contribution in [3.63, 3.8) is 0 Å². The molecule has 228 valence electrons. The first-order chi connectivity index (χ1) is 19.6. The lowest BCUT2D eigenvalue weighted by atomic mass is 9.35. The molecule has 1 amide bonds. The monoisotopic (exact) mass is 572 g/mol. The van der Waals surface area contributed by atoms with Gasteiger partial charge in [0.05, 0.1) is 12.5 Å². The lowest BCUT2D eigenvalue weighted by molar-refractivity contribution is -0.177. The number of aromatic nitrogens is 1. The van der Waals surface area contributed by atoms with Crippen molar-refractivity contribution in [2.24, 2.45) is 44.8 Å². The van der Waals surface area contributed by atoms with Crippen LogP contribution >= 0.6 is 0 Å². The molecule has 0 unspecified atom stereocenters. The van der Waals surface area contributed by atoms with E-state index in [2.05, 4.69) is 70.9 Å². The van der Waals surface area contributed by atoms with Gasteiger partial charge in [0.25, 0.3) is 0 Å². The number of hydrogen-bond donors (Lipinski definition) is 1. The van der Waals surface area contributed by atoms with Crippen LogP contribution in [0.25, 0.3) is 6.08 Å². The fourth-order valence-corrected chi connectivity index (χ4v) is 11.3. The fourth-order valence-electron chi connectivity index (χ4n) is 11.3. The van der Waals surface area contributed by atoms with Crippen molar-refractivity contribution in [1.29, 1.82) is 0 Å². The van der Waals surface area contributed by atoms with E-state index in [9.17, 15) is 9.59 Å². The van der Waals surface area contributed by atoms with E-state index in [4.69, 9.17) is 4.74 Å². The number of ether oxygens (including phenoxy) is 1. The SMILES string of the molecule is COC(=O)[C@]12CCC(C)(C)C[C@H]1C1=CC[C@@H]3[C@@]4(C)C/C(=C\c5cccnc5)C(=O)NC(C)(C)[C@@H]4CC[C@@]3(C)[C@]1(C)CC2. The highest BCUT2D eigenvalue weighted by Crippen LogP contribution is 2.74. The van der Waals surface area contributed by atoms with Crippen LogP contribution in [0.5, 0.6) is 0 Å². The maximum atomic E-state index is 13.7. The van der Waals surface area contributed by atoms with Crippen LogP contribution in [0.4, 0.5) is 0 Å². The minimum atomic E-state index is -0.389. The highest BCUT2D eigenvalue weighted by atomic mass is 16.5. The molecule has 0 aromatic carbocycles. The molecule has 42 heavy (non-hydrogen) atoms. The predicted octanol–water partition coefficient (Wildman–Crippen LogP) is 7.92. The lowest BCUT2D eigenvalue weighted by Crippen LogP contribution is -2.64. The Kier molecular flexibility index (Phi) is 6.73. The third-order valence-corrected chi connectivity index (χ3v) is 13.7. The molecule has 3 saturated carbocycles. The molecular formula is C37H52N2O3. The Bertz CT molecular complexity index is 1340. The average Bonchev–Trinajstić information content (AvgIpc) is 2.99. The average molecular weight is 573 g/mol. The Morgan fingerprint density at radius 1 is 1.02 bits per heavy atom. The molecule has 6 rings (SSSR count). The highest BCUT2D eigenvalue weighted by molar-refractivity contribution is 5.98. The van der Waals surface area contributed by atoms with Crippen LogP contribution in [-0.4, -0.2) is 29.5 Å². The van der Waals surface area contributed by atoms with E-state index in [-0.39, 0.29) is 50.4 Å². The second-order valence-corrected chi connectivity index (χ2v) is 16.7. The van der Waals surface area contributed by atoms with E-state index in [0.29, 0.717) is 11.8 Å². The van der Waals surface area contributed by atoms with E-state index >= 15 is 0 Å². The topological polar surface area (TPSA) is 68.3 Å². The van der Waals surface area contributed by atoms with Crippen LogP contribution in [-0.2, 0) is 14.3 Å². The Balaban J connectivity index is 1.46. The summed E-state index contributed by atoms with van der Waals surface area (Å²) in [4.78, 5) is 31.6. The van der Waals surface area contributed by atoms with Crippen molar-refractivity contribution < 1.29 is 14.3 Å². The van der Waals surface area contributed by atoms with E-state index in [1.807, 2.05) is 18.3 Å². The summed E-state index contributed by atoms with van der Waals surface area (Å²) >= 11 is 0. The zero-order valence-corrected chi connectivity index (χ0v) is 27.2. The summed E-state index contributed by atoms with van der Waals surface area (Å²) in [7, 11) is 1.58.